The number of anilines is 1. The zero-order valence-electron chi connectivity index (χ0n) is 15.9. The number of carbonyl (C=O) groups excluding carboxylic acids is 1. The molecule has 5 rings (SSSR count). The van der Waals surface area contributed by atoms with Gasteiger partial charge in [0.1, 0.15) is 11.4 Å². The number of rotatable bonds is 2. The Morgan fingerprint density at radius 1 is 1.00 bits per heavy atom. The lowest BCUT2D eigenvalue weighted by Gasteiger charge is -2.25. The third kappa shape index (κ3) is 2.82. The molecule has 1 atom stereocenters. The summed E-state index contributed by atoms with van der Waals surface area (Å²) >= 11 is 6.20. The zero-order valence-corrected chi connectivity index (χ0v) is 16.6. The normalized spacial score (nSPS) is 15.6. The van der Waals surface area contributed by atoms with Crippen molar-refractivity contribution in [2.45, 2.75) is 13.0 Å². The summed E-state index contributed by atoms with van der Waals surface area (Å²) in [4.78, 5) is 28.3. The lowest BCUT2D eigenvalue weighted by atomic mass is 9.98. The molecule has 1 aromatic heterocycles. The molecule has 30 heavy (non-hydrogen) atoms. The topological polar surface area (TPSA) is 50.5 Å². The van der Waals surface area contributed by atoms with Gasteiger partial charge in [-0.25, -0.2) is 4.39 Å². The summed E-state index contributed by atoms with van der Waals surface area (Å²) in [6.45, 7) is 1.89. The number of hydrogen-bond donors (Lipinski definition) is 0. The molecule has 1 aliphatic rings. The van der Waals surface area contributed by atoms with Crippen LogP contribution in [0.5, 0.6) is 0 Å². The number of hydrogen-bond acceptors (Lipinski definition) is 3. The van der Waals surface area contributed by atoms with Crippen molar-refractivity contribution in [1.29, 1.82) is 0 Å². The highest BCUT2D eigenvalue weighted by Gasteiger charge is 2.43. The first kappa shape index (κ1) is 18.6. The molecule has 1 unspecified atom stereocenters. The Balaban J connectivity index is 1.83. The van der Waals surface area contributed by atoms with Crippen molar-refractivity contribution in [3.05, 3.63) is 110 Å². The Kier molecular flexibility index (Phi) is 4.22. The van der Waals surface area contributed by atoms with Crippen LogP contribution >= 0.6 is 11.6 Å². The molecule has 0 radical (unpaired) electrons. The van der Waals surface area contributed by atoms with Gasteiger partial charge in [-0.2, -0.15) is 0 Å². The SMILES string of the molecule is Cc1ccc2oc3c(c(=O)c2c1)C(c1cccc(Cl)c1)N(c1ccc(F)cc1)C3=O. The minimum atomic E-state index is -0.738. The molecule has 1 amide bonds. The van der Waals surface area contributed by atoms with E-state index in [1.807, 2.05) is 13.0 Å². The molecule has 0 N–H and O–H groups in total. The molecule has 3 aromatic carbocycles. The Hall–Kier alpha value is -3.44. The number of nitrogens with zero attached hydrogens (tertiary/aromatic N) is 1. The van der Waals surface area contributed by atoms with Gasteiger partial charge in [0.25, 0.3) is 5.91 Å². The fourth-order valence-corrected chi connectivity index (χ4v) is 4.15. The van der Waals surface area contributed by atoms with Crippen LogP contribution < -0.4 is 10.3 Å². The van der Waals surface area contributed by atoms with Gasteiger partial charge >= 0.3 is 0 Å². The average Bonchev–Trinajstić information content (AvgIpc) is 3.02. The van der Waals surface area contributed by atoms with Gasteiger partial charge in [0.2, 0.25) is 5.76 Å². The van der Waals surface area contributed by atoms with E-state index in [0.717, 1.165) is 5.56 Å². The molecule has 2 heterocycles. The lowest BCUT2D eigenvalue weighted by Crippen LogP contribution is -2.29. The maximum absolute atomic E-state index is 13.5. The monoisotopic (exact) mass is 419 g/mol. The van der Waals surface area contributed by atoms with E-state index in [-0.39, 0.29) is 16.8 Å². The quantitative estimate of drug-likeness (QED) is 0.422. The first-order valence-electron chi connectivity index (χ1n) is 9.36. The third-order valence-electron chi connectivity index (χ3n) is 5.29. The first-order valence-corrected chi connectivity index (χ1v) is 9.74. The summed E-state index contributed by atoms with van der Waals surface area (Å²) in [6, 6.07) is 17.1. The van der Waals surface area contributed by atoms with E-state index < -0.39 is 17.8 Å². The van der Waals surface area contributed by atoms with E-state index in [1.165, 1.54) is 29.2 Å². The summed E-state index contributed by atoms with van der Waals surface area (Å²) < 4.78 is 19.4. The Bertz CT molecular complexity index is 1380. The zero-order chi connectivity index (χ0) is 21.0. The molecule has 148 valence electrons. The first-order chi connectivity index (χ1) is 14.4. The number of carbonyl (C=O) groups is 1. The third-order valence-corrected chi connectivity index (χ3v) is 5.53. The van der Waals surface area contributed by atoms with Crippen molar-refractivity contribution in [2.24, 2.45) is 0 Å². The number of benzene rings is 3. The Morgan fingerprint density at radius 2 is 1.77 bits per heavy atom. The largest absolute Gasteiger partial charge is 0.450 e. The maximum Gasteiger partial charge on any atom is 0.295 e. The standard InChI is InChI=1S/C24H15ClFNO3/c1-13-5-10-19-18(11-13)22(28)20-21(14-3-2-4-15(25)12-14)27(24(29)23(20)30-19)17-8-6-16(26)7-9-17/h2-12,21H,1H3. The Morgan fingerprint density at radius 3 is 2.50 bits per heavy atom. The van der Waals surface area contributed by atoms with Gasteiger partial charge in [-0.3, -0.25) is 14.5 Å². The van der Waals surface area contributed by atoms with Crippen molar-refractivity contribution >= 4 is 34.2 Å². The van der Waals surface area contributed by atoms with E-state index >= 15 is 0 Å². The van der Waals surface area contributed by atoms with Gasteiger partial charge in [0, 0.05) is 10.7 Å². The van der Waals surface area contributed by atoms with Crippen LogP contribution in [-0.4, -0.2) is 5.91 Å². The number of fused-ring (bicyclic) bond motifs is 2. The molecule has 4 nitrogen and oxygen atoms in total. The predicted molar refractivity (Wildman–Crippen MR) is 114 cm³/mol. The molecule has 6 heteroatoms. The van der Waals surface area contributed by atoms with Crippen molar-refractivity contribution < 1.29 is 13.6 Å². The van der Waals surface area contributed by atoms with Crippen LogP contribution in [0, 0.1) is 12.7 Å². The van der Waals surface area contributed by atoms with Crippen molar-refractivity contribution in [1.82, 2.24) is 0 Å². The van der Waals surface area contributed by atoms with E-state index in [0.29, 0.717) is 27.2 Å². The average molecular weight is 420 g/mol. The van der Waals surface area contributed by atoms with Crippen LogP contribution in [0.1, 0.15) is 33.3 Å². The van der Waals surface area contributed by atoms with Crippen LogP contribution in [0.3, 0.4) is 0 Å². The second-order valence-electron chi connectivity index (χ2n) is 7.28. The summed E-state index contributed by atoms with van der Waals surface area (Å²) in [5.41, 5.74) is 2.37. The molecule has 0 aliphatic carbocycles. The minimum Gasteiger partial charge on any atom is -0.450 e. The highest BCUT2D eigenvalue weighted by Crippen LogP contribution is 2.41. The van der Waals surface area contributed by atoms with Crippen molar-refractivity contribution in [3.8, 4) is 0 Å². The molecule has 0 saturated heterocycles. The predicted octanol–water partition coefficient (Wildman–Crippen LogP) is 5.64. The second kappa shape index (κ2) is 6.82. The fraction of sp³-hybridized carbons (Fsp3) is 0.0833. The highest BCUT2D eigenvalue weighted by atomic mass is 35.5. The van der Waals surface area contributed by atoms with Crippen molar-refractivity contribution in [2.75, 3.05) is 4.90 Å². The lowest BCUT2D eigenvalue weighted by molar-refractivity contribution is 0.0971. The minimum absolute atomic E-state index is 0.00865. The highest BCUT2D eigenvalue weighted by molar-refractivity contribution is 6.30. The fourth-order valence-electron chi connectivity index (χ4n) is 3.95. The summed E-state index contributed by atoms with van der Waals surface area (Å²) in [5.74, 6) is -0.885. The molecule has 4 aromatic rings. The maximum atomic E-state index is 13.5. The van der Waals surface area contributed by atoms with E-state index in [4.69, 9.17) is 16.0 Å². The molecular weight excluding hydrogens is 405 g/mol. The molecule has 0 fully saturated rings. The van der Waals surface area contributed by atoms with Crippen LogP contribution in [0.15, 0.2) is 75.9 Å². The Labute approximate surface area is 176 Å². The number of amides is 1. The van der Waals surface area contributed by atoms with Crippen LogP contribution in [0.2, 0.25) is 5.02 Å². The molecule has 0 bridgehead atoms. The van der Waals surface area contributed by atoms with Gasteiger partial charge in [-0.05, 0) is 61.0 Å². The van der Waals surface area contributed by atoms with E-state index in [2.05, 4.69) is 0 Å². The number of halogens is 2. The van der Waals surface area contributed by atoms with E-state index in [9.17, 15) is 14.0 Å². The molecular formula is C24H15ClFNO3. The van der Waals surface area contributed by atoms with Crippen LogP contribution in [-0.2, 0) is 0 Å². The van der Waals surface area contributed by atoms with Crippen LogP contribution in [0.4, 0.5) is 10.1 Å². The second-order valence-corrected chi connectivity index (χ2v) is 7.72. The van der Waals surface area contributed by atoms with Gasteiger partial charge in [0.05, 0.1) is 17.0 Å². The van der Waals surface area contributed by atoms with Gasteiger partial charge in [-0.1, -0.05) is 35.4 Å². The van der Waals surface area contributed by atoms with Gasteiger partial charge < -0.3 is 4.42 Å². The summed E-state index contributed by atoms with van der Waals surface area (Å²) in [7, 11) is 0. The number of aryl methyl sites for hydroxylation is 1. The van der Waals surface area contributed by atoms with Gasteiger partial charge in [-0.15, -0.1) is 0 Å². The van der Waals surface area contributed by atoms with Crippen molar-refractivity contribution in [3.63, 3.8) is 0 Å². The van der Waals surface area contributed by atoms with Crippen LogP contribution in [0.25, 0.3) is 11.0 Å². The smallest absolute Gasteiger partial charge is 0.295 e. The molecule has 0 spiro atoms. The summed E-state index contributed by atoms with van der Waals surface area (Å²) in [5, 5.41) is 0.892. The van der Waals surface area contributed by atoms with E-state index in [1.54, 1.807) is 36.4 Å². The molecule has 1 aliphatic heterocycles. The molecule has 0 saturated carbocycles. The van der Waals surface area contributed by atoms with Gasteiger partial charge in [0.15, 0.2) is 5.43 Å². The summed E-state index contributed by atoms with van der Waals surface area (Å²) in [6.07, 6.45) is 0.